The Bertz CT molecular complexity index is 199. The Balaban J connectivity index is 2.39. The van der Waals surface area contributed by atoms with Crippen molar-refractivity contribution >= 4 is 6.21 Å². The molecule has 0 saturated heterocycles. The van der Waals surface area contributed by atoms with Crippen molar-refractivity contribution in [2.75, 3.05) is 26.7 Å². The van der Waals surface area contributed by atoms with Gasteiger partial charge in [0.15, 0.2) is 0 Å². The second kappa shape index (κ2) is 5.75. The van der Waals surface area contributed by atoms with Gasteiger partial charge >= 0.3 is 0 Å². The maximum atomic E-state index is 4.65. The van der Waals surface area contributed by atoms with Gasteiger partial charge in [-0.1, -0.05) is 18.2 Å². The van der Waals surface area contributed by atoms with E-state index in [1.165, 1.54) is 25.1 Å². The number of nitrogens with zero attached hydrogens (tertiary/aromatic N) is 2. The highest BCUT2D eigenvalue weighted by Crippen LogP contribution is 2.08. The zero-order valence-electron chi connectivity index (χ0n) is 8.49. The van der Waals surface area contributed by atoms with E-state index in [2.05, 4.69) is 27.9 Å². The lowest BCUT2D eigenvalue weighted by atomic mass is 10.1. The second-order valence-corrected chi connectivity index (χ2v) is 3.26. The van der Waals surface area contributed by atoms with Crippen molar-refractivity contribution < 1.29 is 4.84 Å². The van der Waals surface area contributed by atoms with Crippen molar-refractivity contribution in [3.63, 3.8) is 0 Å². The number of hydrogen-bond acceptors (Lipinski definition) is 3. The summed E-state index contributed by atoms with van der Waals surface area (Å²) < 4.78 is 0. The van der Waals surface area contributed by atoms with E-state index in [9.17, 15) is 0 Å². The average molecular weight is 182 g/mol. The first-order chi connectivity index (χ1) is 6.36. The lowest BCUT2D eigenvalue weighted by Crippen LogP contribution is -2.30. The van der Waals surface area contributed by atoms with Gasteiger partial charge in [-0.25, -0.2) is 0 Å². The van der Waals surface area contributed by atoms with Crippen molar-refractivity contribution in [2.45, 2.75) is 19.8 Å². The number of rotatable bonds is 4. The summed E-state index contributed by atoms with van der Waals surface area (Å²) in [5.74, 6) is 0. The molecule has 0 bridgehead atoms. The van der Waals surface area contributed by atoms with Crippen molar-refractivity contribution in [3.8, 4) is 0 Å². The molecule has 0 aromatic carbocycles. The summed E-state index contributed by atoms with van der Waals surface area (Å²) in [6, 6.07) is 0. The van der Waals surface area contributed by atoms with Crippen LogP contribution in [-0.4, -0.2) is 37.9 Å². The van der Waals surface area contributed by atoms with Gasteiger partial charge in [-0.2, -0.15) is 0 Å². The fourth-order valence-corrected chi connectivity index (χ4v) is 1.56. The van der Waals surface area contributed by atoms with E-state index >= 15 is 0 Å². The van der Waals surface area contributed by atoms with Crippen molar-refractivity contribution in [2.24, 2.45) is 5.16 Å². The van der Waals surface area contributed by atoms with Crippen LogP contribution in [-0.2, 0) is 4.84 Å². The van der Waals surface area contributed by atoms with Gasteiger partial charge in [0.05, 0.1) is 6.21 Å². The Morgan fingerprint density at radius 2 is 2.54 bits per heavy atom. The molecular weight excluding hydrogens is 164 g/mol. The summed E-state index contributed by atoms with van der Waals surface area (Å²) in [4.78, 5) is 7.09. The van der Waals surface area contributed by atoms with Crippen molar-refractivity contribution in [1.82, 2.24) is 4.90 Å². The second-order valence-electron chi connectivity index (χ2n) is 3.26. The van der Waals surface area contributed by atoms with E-state index in [4.69, 9.17) is 0 Å². The molecule has 0 N–H and O–H groups in total. The van der Waals surface area contributed by atoms with Gasteiger partial charge in [0.2, 0.25) is 0 Å². The molecule has 0 unspecified atom stereocenters. The van der Waals surface area contributed by atoms with Gasteiger partial charge in [-0.05, 0) is 25.0 Å². The summed E-state index contributed by atoms with van der Waals surface area (Å²) in [7, 11) is 1.57. The molecule has 0 atom stereocenters. The molecule has 0 aliphatic carbocycles. The van der Waals surface area contributed by atoms with Crippen LogP contribution in [0.2, 0.25) is 0 Å². The highest BCUT2D eigenvalue weighted by Gasteiger charge is 2.09. The van der Waals surface area contributed by atoms with Gasteiger partial charge in [0, 0.05) is 13.1 Å². The Kier molecular flexibility index (Phi) is 4.54. The molecular formula is C10H18N2O. The topological polar surface area (TPSA) is 24.8 Å². The fourth-order valence-electron chi connectivity index (χ4n) is 1.56. The smallest absolute Gasteiger partial charge is 0.106 e. The van der Waals surface area contributed by atoms with Crippen LogP contribution in [0.1, 0.15) is 19.8 Å². The van der Waals surface area contributed by atoms with Crippen LogP contribution in [0.25, 0.3) is 0 Å². The summed E-state index contributed by atoms with van der Waals surface area (Å²) >= 11 is 0. The van der Waals surface area contributed by atoms with Crippen LogP contribution >= 0.6 is 0 Å². The molecule has 0 spiro atoms. The molecule has 1 heterocycles. The minimum atomic E-state index is 1.01. The molecule has 74 valence electrons. The summed E-state index contributed by atoms with van der Waals surface area (Å²) in [6.45, 7) is 5.58. The van der Waals surface area contributed by atoms with Crippen molar-refractivity contribution in [1.29, 1.82) is 0 Å². The molecule has 0 radical (unpaired) electrons. The van der Waals surface area contributed by atoms with Gasteiger partial charge in [0.1, 0.15) is 7.11 Å². The van der Waals surface area contributed by atoms with E-state index in [0.29, 0.717) is 0 Å². The van der Waals surface area contributed by atoms with E-state index < -0.39 is 0 Å². The fraction of sp³-hybridized carbons (Fsp3) is 0.700. The van der Waals surface area contributed by atoms with Crippen LogP contribution in [0.3, 0.4) is 0 Å². The minimum absolute atomic E-state index is 1.01. The standard InChI is InChI=1S/C10H18N2O/c1-3-6-12-7-4-5-10(9-12)8-11-13-2/h5,8H,3-4,6-7,9H2,1-2H3. The van der Waals surface area contributed by atoms with E-state index in [1.807, 2.05) is 6.21 Å². The molecule has 1 aliphatic rings. The Morgan fingerprint density at radius 1 is 1.69 bits per heavy atom. The van der Waals surface area contributed by atoms with E-state index in [1.54, 1.807) is 7.11 Å². The van der Waals surface area contributed by atoms with Gasteiger partial charge in [-0.15, -0.1) is 0 Å². The van der Waals surface area contributed by atoms with E-state index in [0.717, 1.165) is 13.0 Å². The normalized spacial score (nSPS) is 19.1. The predicted octanol–water partition coefficient (Wildman–Crippen LogP) is 1.66. The summed E-state index contributed by atoms with van der Waals surface area (Å²) in [6.07, 6.45) is 6.39. The van der Waals surface area contributed by atoms with E-state index in [-0.39, 0.29) is 0 Å². The lowest BCUT2D eigenvalue weighted by Gasteiger charge is -2.24. The quantitative estimate of drug-likeness (QED) is 0.488. The molecule has 3 nitrogen and oxygen atoms in total. The van der Waals surface area contributed by atoms with Gasteiger partial charge in [-0.3, -0.25) is 4.90 Å². The first-order valence-electron chi connectivity index (χ1n) is 4.84. The average Bonchev–Trinajstić information content (AvgIpc) is 2.16. The maximum absolute atomic E-state index is 4.65. The van der Waals surface area contributed by atoms with Gasteiger partial charge in [0.25, 0.3) is 0 Å². The molecule has 0 amide bonds. The molecule has 0 saturated carbocycles. The Labute approximate surface area is 80.1 Å². The van der Waals surface area contributed by atoms with Crippen LogP contribution < -0.4 is 0 Å². The zero-order chi connectivity index (χ0) is 9.52. The van der Waals surface area contributed by atoms with Crippen LogP contribution in [0, 0.1) is 0 Å². The Morgan fingerprint density at radius 3 is 3.23 bits per heavy atom. The minimum Gasteiger partial charge on any atom is -0.399 e. The Hall–Kier alpha value is -0.830. The van der Waals surface area contributed by atoms with Gasteiger partial charge < -0.3 is 4.84 Å². The van der Waals surface area contributed by atoms with Crippen molar-refractivity contribution in [3.05, 3.63) is 11.6 Å². The number of oxime groups is 1. The highest BCUT2D eigenvalue weighted by atomic mass is 16.6. The molecule has 1 aliphatic heterocycles. The summed E-state index contributed by atoms with van der Waals surface area (Å²) in [5.41, 5.74) is 1.27. The molecule has 0 aromatic rings. The third-order valence-corrected chi connectivity index (χ3v) is 2.12. The molecule has 3 heteroatoms. The lowest BCUT2D eigenvalue weighted by molar-refractivity contribution is 0.215. The van der Waals surface area contributed by atoms with Crippen LogP contribution in [0.15, 0.2) is 16.8 Å². The first kappa shape index (κ1) is 10.3. The predicted molar refractivity (Wildman–Crippen MR) is 54.9 cm³/mol. The first-order valence-corrected chi connectivity index (χ1v) is 4.84. The highest BCUT2D eigenvalue weighted by molar-refractivity contribution is 5.78. The third kappa shape index (κ3) is 3.59. The third-order valence-electron chi connectivity index (χ3n) is 2.12. The zero-order valence-corrected chi connectivity index (χ0v) is 8.49. The van der Waals surface area contributed by atoms with Crippen LogP contribution in [0.5, 0.6) is 0 Å². The summed E-state index contributed by atoms with van der Waals surface area (Å²) in [5, 5.41) is 3.77. The molecule has 13 heavy (non-hydrogen) atoms. The monoisotopic (exact) mass is 182 g/mol. The van der Waals surface area contributed by atoms with Crippen LogP contribution in [0.4, 0.5) is 0 Å². The molecule has 1 rings (SSSR count). The maximum Gasteiger partial charge on any atom is 0.106 e. The molecule has 0 aromatic heterocycles. The number of hydrogen-bond donors (Lipinski definition) is 0. The molecule has 0 fully saturated rings. The largest absolute Gasteiger partial charge is 0.399 e. The SMILES string of the molecule is CCCN1CCC=C(C=NOC)C1.